The zero-order chi connectivity index (χ0) is 16.7. The minimum atomic E-state index is -1.45. The highest BCUT2D eigenvalue weighted by atomic mass is 16.4. The zero-order valence-corrected chi connectivity index (χ0v) is 11.6. The number of carbonyl (C=O) groups is 4. The number of hydrogen-bond acceptors (Lipinski definition) is 6. The molecule has 10 heteroatoms. The fourth-order valence-corrected chi connectivity index (χ4v) is 1.31. The van der Waals surface area contributed by atoms with Gasteiger partial charge in [-0.1, -0.05) is 0 Å². The number of nitrogens with two attached hydrogens (primary N) is 1. The summed E-state index contributed by atoms with van der Waals surface area (Å²) in [6.07, 6.45) is -1.97. The first-order valence-electron chi connectivity index (χ1n) is 6.05. The highest BCUT2D eigenvalue weighted by Crippen LogP contribution is 1.98. The summed E-state index contributed by atoms with van der Waals surface area (Å²) >= 11 is 0. The third-order valence-corrected chi connectivity index (χ3v) is 2.52. The van der Waals surface area contributed by atoms with Gasteiger partial charge in [-0.3, -0.25) is 19.2 Å². The number of amides is 2. The van der Waals surface area contributed by atoms with E-state index in [1.807, 2.05) is 0 Å². The Kier molecular flexibility index (Phi) is 7.31. The van der Waals surface area contributed by atoms with E-state index in [0.29, 0.717) is 0 Å². The van der Waals surface area contributed by atoms with Gasteiger partial charge in [-0.25, -0.2) is 0 Å². The summed E-state index contributed by atoms with van der Waals surface area (Å²) in [6, 6.07) is -4.06. The van der Waals surface area contributed by atoms with Gasteiger partial charge in [0.1, 0.15) is 12.1 Å². The van der Waals surface area contributed by atoms with E-state index in [0.717, 1.165) is 0 Å². The summed E-state index contributed by atoms with van der Waals surface area (Å²) < 4.78 is 0. The second-order valence-electron chi connectivity index (χ2n) is 4.50. The van der Waals surface area contributed by atoms with Gasteiger partial charge in [-0.15, -0.1) is 0 Å². The van der Waals surface area contributed by atoms with Gasteiger partial charge >= 0.3 is 11.9 Å². The number of hydrogen-bond donors (Lipinski definition) is 6. The van der Waals surface area contributed by atoms with Crippen LogP contribution in [-0.2, 0) is 19.2 Å². The standard InChI is InChI=1S/C11H19N3O7/c1-4(11(20)21)13-10(19)8(5(2)15)14-9(18)6(12)3-7(16)17/h4-6,8,15H,3,12H2,1-2H3,(H,13,19)(H,14,18)(H,16,17)(H,20,21). The lowest BCUT2D eigenvalue weighted by Gasteiger charge is -2.23. The first-order valence-corrected chi connectivity index (χ1v) is 6.05. The summed E-state index contributed by atoms with van der Waals surface area (Å²) in [5.41, 5.74) is 5.32. The van der Waals surface area contributed by atoms with Crippen molar-refractivity contribution in [1.29, 1.82) is 0 Å². The molecule has 4 unspecified atom stereocenters. The van der Waals surface area contributed by atoms with Crippen molar-refractivity contribution in [2.24, 2.45) is 5.73 Å². The third kappa shape index (κ3) is 6.68. The Morgan fingerprint density at radius 1 is 1.05 bits per heavy atom. The number of aliphatic hydroxyl groups is 1. The number of carboxylic acid groups (broad SMARTS) is 2. The van der Waals surface area contributed by atoms with Crippen LogP contribution in [0.3, 0.4) is 0 Å². The normalized spacial score (nSPS) is 16.2. The van der Waals surface area contributed by atoms with E-state index in [9.17, 15) is 24.3 Å². The molecule has 21 heavy (non-hydrogen) atoms. The summed E-state index contributed by atoms with van der Waals surface area (Å²) in [5, 5.41) is 30.8. The molecule has 120 valence electrons. The van der Waals surface area contributed by atoms with Crippen molar-refractivity contribution in [2.75, 3.05) is 0 Å². The number of aliphatic carboxylic acids is 2. The minimum Gasteiger partial charge on any atom is -0.481 e. The van der Waals surface area contributed by atoms with Crippen LogP contribution in [0.4, 0.5) is 0 Å². The summed E-state index contributed by atoms with van der Waals surface area (Å²) in [5.74, 6) is -4.45. The monoisotopic (exact) mass is 305 g/mol. The third-order valence-electron chi connectivity index (χ3n) is 2.52. The number of aliphatic hydroxyl groups excluding tert-OH is 1. The Balaban J connectivity index is 4.76. The lowest BCUT2D eigenvalue weighted by Crippen LogP contribution is -2.57. The second-order valence-corrected chi connectivity index (χ2v) is 4.50. The van der Waals surface area contributed by atoms with Gasteiger partial charge < -0.3 is 31.7 Å². The van der Waals surface area contributed by atoms with Gasteiger partial charge in [0, 0.05) is 0 Å². The lowest BCUT2D eigenvalue weighted by molar-refractivity contribution is -0.143. The van der Waals surface area contributed by atoms with Crippen molar-refractivity contribution in [3.8, 4) is 0 Å². The van der Waals surface area contributed by atoms with Crippen LogP contribution in [-0.4, -0.2) is 63.3 Å². The van der Waals surface area contributed by atoms with E-state index >= 15 is 0 Å². The van der Waals surface area contributed by atoms with Crippen LogP contribution in [0, 0.1) is 0 Å². The van der Waals surface area contributed by atoms with Gasteiger partial charge in [0.2, 0.25) is 11.8 Å². The van der Waals surface area contributed by atoms with Gasteiger partial charge in [0.05, 0.1) is 18.6 Å². The molecule has 7 N–H and O–H groups in total. The molecule has 2 amide bonds. The predicted octanol–water partition coefficient (Wildman–Crippen LogP) is -2.76. The Morgan fingerprint density at radius 2 is 1.57 bits per heavy atom. The molecule has 0 aromatic heterocycles. The van der Waals surface area contributed by atoms with Crippen molar-refractivity contribution in [2.45, 2.75) is 44.5 Å². The molecule has 4 atom stereocenters. The maximum absolute atomic E-state index is 11.8. The molecule has 0 aliphatic rings. The fourth-order valence-electron chi connectivity index (χ4n) is 1.31. The number of rotatable bonds is 8. The van der Waals surface area contributed by atoms with Crippen molar-refractivity contribution < 1.29 is 34.5 Å². The summed E-state index contributed by atoms with van der Waals surface area (Å²) in [6.45, 7) is 2.41. The highest BCUT2D eigenvalue weighted by Gasteiger charge is 2.30. The number of carboxylic acids is 2. The molecule has 0 saturated heterocycles. The smallest absolute Gasteiger partial charge is 0.325 e. The number of nitrogens with one attached hydrogen (secondary N) is 2. The lowest BCUT2D eigenvalue weighted by atomic mass is 10.1. The molecule has 0 rings (SSSR count). The molecule has 0 aliphatic carbocycles. The van der Waals surface area contributed by atoms with E-state index in [1.54, 1.807) is 0 Å². The predicted molar refractivity (Wildman–Crippen MR) is 69.1 cm³/mol. The van der Waals surface area contributed by atoms with E-state index in [-0.39, 0.29) is 0 Å². The van der Waals surface area contributed by atoms with Gasteiger partial charge in [0.25, 0.3) is 0 Å². The molecule has 0 bridgehead atoms. The maximum Gasteiger partial charge on any atom is 0.325 e. The maximum atomic E-state index is 11.8. The average molecular weight is 305 g/mol. The molecule has 0 radical (unpaired) electrons. The average Bonchev–Trinajstić information content (AvgIpc) is 2.33. The fraction of sp³-hybridized carbons (Fsp3) is 0.636. The quantitative estimate of drug-likeness (QED) is 0.279. The van der Waals surface area contributed by atoms with Crippen LogP contribution in [0.5, 0.6) is 0 Å². The van der Waals surface area contributed by atoms with Crippen molar-refractivity contribution in [3.05, 3.63) is 0 Å². The van der Waals surface area contributed by atoms with Crippen LogP contribution in [0.15, 0.2) is 0 Å². The van der Waals surface area contributed by atoms with Crippen LogP contribution in [0.1, 0.15) is 20.3 Å². The Bertz CT molecular complexity index is 424. The summed E-state index contributed by atoms with van der Waals surface area (Å²) in [4.78, 5) is 44.4. The van der Waals surface area contributed by atoms with E-state index in [4.69, 9.17) is 15.9 Å². The Morgan fingerprint density at radius 3 is 1.95 bits per heavy atom. The van der Waals surface area contributed by atoms with Crippen LogP contribution in [0.2, 0.25) is 0 Å². The van der Waals surface area contributed by atoms with Crippen LogP contribution < -0.4 is 16.4 Å². The molecule has 0 heterocycles. The summed E-state index contributed by atoms with van der Waals surface area (Å²) in [7, 11) is 0. The van der Waals surface area contributed by atoms with Gasteiger partial charge in [-0.05, 0) is 13.8 Å². The number of carbonyl (C=O) groups excluding carboxylic acids is 2. The molecule has 0 fully saturated rings. The van der Waals surface area contributed by atoms with E-state index < -0.39 is 54.4 Å². The van der Waals surface area contributed by atoms with Crippen LogP contribution in [0.25, 0.3) is 0 Å². The molecule has 0 saturated carbocycles. The SMILES string of the molecule is CC(NC(=O)C(NC(=O)C(N)CC(=O)O)C(C)O)C(=O)O. The minimum absolute atomic E-state index is 0.647. The molecular weight excluding hydrogens is 286 g/mol. The topological polar surface area (TPSA) is 179 Å². The van der Waals surface area contributed by atoms with E-state index in [1.165, 1.54) is 13.8 Å². The van der Waals surface area contributed by atoms with Crippen molar-refractivity contribution >= 4 is 23.8 Å². The van der Waals surface area contributed by atoms with Crippen molar-refractivity contribution in [3.63, 3.8) is 0 Å². The van der Waals surface area contributed by atoms with Gasteiger partial charge in [-0.2, -0.15) is 0 Å². The van der Waals surface area contributed by atoms with Crippen molar-refractivity contribution in [1.82, 2.24) is 10.6 Å². The zero-order valence-electron chi connectivity index (χ0n) is 11.6. The molecule has 0 aliphatic heterocycles. The largest absolute Gasteiger partial charge is 0.481 e. The van der Waals surface area contributed by atoms with Gasteiger partial charge in [0.15, 0.2) is 0 Å². The Hall–Kier alpha value is -2.20. The molecule has 10 nitrogen and oxygen atoms in total. The molecule has 0 aromatic rings. The molecular formula is C11H19N3O7. The second kappa shape index (κ2) is 8.17. The highest BCUT2D eigenvalue weighted by molar-refractivity contribution is 5.93. The van der Waals surface area contributed by atoms with Crippen LogP contribution >= 0.6 is 0 Å². The first-order chi connectivity index (χ1) is 9.56. The molecule has 0 spiro atoms. The molecule has 0 aromatic carbocycles. The van der Waals surface area contributed by atoms with E-state index in [2.05, 4.69) is 10.6 Å². The Labute approximate surface area is 120 Å². The first kappa shape index (κ1) is 18.8.